The second kappa shape index (κ2) is 6.48. The van der Waals surface area contributed by atoms with Crippen LogP contribution in [0.15, 0.2) is 36.5 Å². The summed E-state index contributed by atoms with van der Waals surface area (Å²) in [5, 5.41) is 8.78. The standard InChI is InChI=1S/C22H26N4O2/c1-22(7-8-22)28-17-4-5-19(23)18(11-17)21(24)14-6-9-25-20(10-14)26-15-2-3-16(26)13-27-12-15/h4-6,9-11,15-16,24H,2-3,7-8,12-13,23H2,1H3. The van der Waals surface area contributed by atoms with Crippen molar-refractivity contribution in [3.05, 3.63) is 47.7 Å². The van der Waals surface area contributed by atoms with Crippen LogP contribution in [0.5, 0.6) is 5.75 Å². The highest BCUT2D eigenvalue weighted by atomic mass is 16.5. The number of hydrogen-bond donors (Lipinski definition) is 2. The fraction of sp³-hybridized carbons (Fsp3) is 0.455. The number of benzene rings is 1. The van der Waals surface area contributed by atoms with Crippen molar-refractivity contribution in [3.63, 3.8) is 0 Å². The van der Waals surface area contributed by atoms with Crippen LogP contribution >= 0.6 is 0 Å². The Morgan fingerprint density at radius 1 is 1.21 bits per heavy atom. The summed E-state index contributed by atoms with van der Waals surface area (Å²) in [4.78, 5) is 6.97. The monoisotopic (exact) mass is 378 g/mol. The molecular formula is C22H26N4O2. The minimum absolute atomic E-state index is 0.0605. The maximum Gasteiger partial charge on any atom is 0.129 e. The van der Waals surface area contributed by atoms with E-state index in [1.807, 2.05) is 30.3 Å². The highest BCUT2D eigenvalue weighted by Crippen LogP contribution is 2.40. The fourth-order valence-electron chi connectivity index (χ4n) is 4.25. The summed E-state index contributed by atoms with van der Waals surface area (Å²) in [5.74, 6) is 1.70. The van der Waals surface area contributed by atoms with Gasteiger partial charge in [0.15, 0.2) is 0 Å². The predicted molar refractivity (Wildman–Crippen MR) is 109 cm³/mol. The van der Waals surface area contributed by atoms with E-state index in [2.05, 4.69) is 16.8 Å². The quantitative estimate of drug-likeness (QED) is 0.615. The second-order valence-corrected chi connectivity index (χ2v) is 8.41. The highest BCUT2D eigenvalue weighted by molar-refractivity contribution is 6.14. The van der Waals surface area contributed by atoms with Crippen LogP contribution in [-0.4, -0.2) is 41.6 Å². The van der Waals surface area contributed by atoms with Gasteiger partial charge in [0.1, 0.15) is 17.2 Å². The first-order valence-electron chi connectivity index (χ1n) is 10.0. The van der Waals surface area contributed by atoms with Crippen LogP contribution < -0.4 is 15.4 Å². The van der Waals surface area contributed by atoms with Crippen molar-refractivity contribution in [2.45, 2.75) is 50.3 Å². The lowest BCUT2D eigenvalue weighted by molar-refractivity contribution is 0.0902. The number of ether oxygens (including phenoxy) is 2. The van der Waals surface area contributed by atoms with Crippen LogP contribution in [0.2, 0.25) is 0 Å². The topological polar surface area (TPSA) is 84.5 Å². The van der Waals surface area contributed by atoms with Gasteiger partial charge in [0, 0.05) is 23.0 Å². The van der Waals surface area contributed by atoms with Crippen molar-refractivity contribution < 1.29 is 9.47 Å². The van der Waals surface area contributed by atoms with Gasteiger partial charge >= 0.3 is 0 Å². The Morgan fingerprint density at radius 3 is 2.68 bits per heavy atom. The summed E-state index contributed by atoms with van der Waals surface area (Å²) in [5.41, 5.74) is 8.64. The van der Waals surface area contributed by atoms with Crippen molar-refractivity contribution in [1.29, 1.82) is 5.41 Å². The van der Waals surface area contributed by atoms with Crippen LogP contribution in [0.25, 0.3) is 0 Å². The number of fused-ring (bicyclic) bond motifs is 2. The van der Waals surface area contributed by atoms with Crippen molar-refractivity contribution in [2.75, 3.05) is 23.8 Å². The van der Waals surface area contributed by atoms with Gasteiger partial charge in [0.25, 0.3) is 0 Å². The molecule has 1 saturated carbocycles. The van der Waals surface area contributed by atoms with E-state index in [9.17, 15) is 0 Å². The Balaban J connectivity index is 1.43. The number of anilines is 2. The summed E-state index contributed by atoms with van der Waals surface area (Å²) in [6.45, 7) is 3.62. The number of nitrogens with two attached hydrogens (primary N) is 1. The first-order valence-corrected chi connectivity index (χ1v) is 10.0. The highest BCUT2D eigenvalue weighted by Gasteiger charge is 2.40. The Morgan fingerprint density at radius 2 is 1.96 bits per heavy atom. The molecule has 3 heterocycles. The number of rotatable bonds is 5. The molecule has 3 N–H and O–H groups in total. The zero-order chi connectivity index (χ0) is 19.3. The first kappa shape index (κ1) is 17.5. The van der Waals surface area contributed by atoms with Gasteiger partial charge < -0.3 is 20.1 Å². The van der Waals surface area contributed by atoms with Crippen LogP contribution in [-0.2, 0) is 4.74 Å². The zero-order valence-electron chi connectivity index (χ0n) is 16.1. The Kier molecular flexibility index (Phi) is 4.05. The van der Waals surface area contributed by atoms with E-state index in [0.29, 0.717) is 29.0 Å². The number of nitrogens with zero attached hydrogens (tertiary/aromatic N) is 2. The fourth-order valence-corrected chi connectivity index (χ4v) is 4.25. The number of hydrogen-bond acceptors (Lipinski definition) is 6. The zero-order valence-corrected chi connectivity index (χ0v) is 16.1. The van der Waals surface area contributed by atoms with E-state index in [-0.39, 0.29) is 5.60 Å². The molecule has 28 heavy (non-hydrogen) atoms. The average Bonchev–Trinajstić information content (AvgIpc) is 3.37. The molecule has 2 atom stereocenters. The Bertz CT molecular complexity index is 909. The molecule has 0 radical (unpaired) electrons. The lowest BCUT2D eigenvalue weighted by Gasteiger charge is -2.35. The minimum Gasteiger partial charge on any atom is -0.488 e. The van der Waals surface area contributed by atoms with E-state index >= 15 is 0 Å². The van der Waals surface area contributed by atoms with Crippen molar-refractivity contribution in [2.24, 2.45) is 0 Å². The minimum atomic E-state index is -0.0605. The normalized spacial score (nSPS) is 24.8. The smallest absolute Gasteiger partial charge is 0.129 e. The molecule has 2 saturated heterocycles. The van der Waals surface area contributed by atoms with Crippen LogP contribution in [0, 0.1) is 5.41 Å². The summed E-state index contributed by atoms with van der Waals surface area (Å²) in [6, 6.07) is 10.3. The van der Waals surface area contributed by atoms with Crippen LogP contribution in [0.3, 0.4) is 0 Å². The van der Waals surface area contributed by atoms with Crippen molar-refractivity contribution in [1.82, 2.24) is 4.98 Å². The third-order valence-electron chi connectivity index (χ3n) is 6.15. The maximum absolute atomic E-state index is 8.78. The van der Waals surface area contributed by atoms with Gasteiger partial charge in [-0.05, 0) is 62.9 Å². The molecule has 1 aliphatic carbocycles. The summed E-state index contributed by atoms with van der Waals surface area (Å²) in [7, 11) is 0. The molecular weight excluding hydrogens is 352 g/mol. The SMILES string of the molecule is CC1(Oc2ccc(N)c(C(=N)c3ccnc(N4C5CCC4COC5)c3)c2)CC1. The number of morpholine rings is 1. The van der Waals surface area contributed by atoms with Crippen molar-refractivity contribution >= 4 is 17.2 Å². The lowest BCUT2D eigenvalue weighted by Crippen LogP contribution is -2.46. The summed E-state index contributed by atoms with van der Waals surface area (Å²) >= 11 is 0. The second-order valence-electron chi connectivity index (χ2n) is 8.41. The molecule has 2 aliphatic heterocycles. The molecule has 0 amide bonds. The first-order chi connectivity index (χ1) is 13.5. The van der Waals surface area contributed by atoms with Crippen molar-refractivity contribution in [3.8, 4) is 5.75 Å². The third kappa shape index (κ3) is 3.11. The molecule has 6 heteroatoms. The van der Waals surface area contributed by atoms with E-state index in [1.165, 1.54) is 0 Å². The molecule has 6 nitrogen and oxygen atoms in total. The van der Waals surface area contributed by atoms with Gasteiger partial charge in [-0.1, -0.05) is 0 Å². The van der Waals surface area contributed by atoms with Gasteiger partial charge in [-0.15, -0.1) is 0 Å². The molecule has 146 valence electrons. The molecule has 2 bridgehead atoms. The van der Waals surface area contributed by atoms with E-state index < -0.39 is 0 Å². The Labute approximate surface area is 165 Å². The van der Waals surface area contributed by atoms with Gasteiger partial charge in [-0.25, -0.2) is 4.98 Å². The molecule has 2 unspecified atom stereocenters. The largest absolute Gasteiger partial charge is 0.488 e. The summed E-state index contributed by atoms with van der Waals surface area (Å²) < 4.78 is 11.7. The van der Waals surface area contributed by atoms with Crippen LogP contribution in [0.1, 0.15) is 43.7 Å². The molecule has 2 aromatic rings. The average molecular weight is 378 g/mol. The Hall–Kier alpha value is -2.60. The molecule has 3 fully saturated rings. The van der Waals surface area contributed by atoms with E-state index in [4.69, 9.17) is 20.6 Å². The van der Waals surface area contributed by atoms with E-state index in [1.54, 1.807) is 6.20 Å². The lowest BCUT2D eigenvalue weighted by atomic mass is 10.0. The number of pyridine rings is 1. The molecule has 1 aromatic carbocycles. The maximum atomic E-state index is 8.78. The van der Waals surface area contributed by atoms with Gasteiger partial charge in [0.2, 0.25) is 0 Å². The summed E-state index contributed by atoms with van der Waals surface area (Å²) in [6.07, 6.45) is 6.20. The number of aromatic nitrogens is 1. The predicted octanol–water partition coefficient (Wildman–Crippen LogP) is 3.38. The third-order valence-corrected chi connectivity index (χ3v) is 6.15. The molecule has 5 rings (SSSR count). The number of nitrogens with one attached hydrogen (secondary N) is 1. The molecule has 1 aromatic heterocycles. The number of nitrogen functional groups attached to an aromatic ring is 1. The van der Waals surface area contributed by atoms with Gasteiger partial charge in [-0.3, -0.25) is 5.41 Å². The van der Waals surface area contributed by atoms with Gasteiger partial charge in [-0.2, -0.15) is 0 Å². The van der Waals surface area contributed by atoms with Gasteiger partial charge in [0.05, 0.1) is 31.0 Å². The van der Waals surface area contributed by atoms with E-state index in [0.717, 1.165) is 56.0 Å². The molecule has 0 spiro atoms. The van der Waals surface area contributed by atoms with Crippen LogP contribution in [0.4, 0.5) is 11.5 Å². The molecule has 3 aliphatic rings.